The number of amides is 1. The number of piperazine rings is 1. The Morgan fingerprint density at radius 3 is 2.59 bits per heavy atom. The number of nitrogens with one attached hydrogen (secondary N) is 2. The molecule has 1 aliphatic heterocycles. The van der Waals surface area contributed by atoms with Gasteiger partial charge in [-0.2, -0.15) is 0 Å². The summed E-state index contributed by atoms with van der Waals surface area (Å²) in [6.45, 7) is 3.97. The molecule has 0 spiro atoms. The number of rotatable bonds is 5. The highest BCUT2D eigenvalue weighted by Crippen LogP contribution is 2.39. The summed E-state index contributed by atoms with van der Waals surface area (Å²) >= 11 is 1.59. The Morgan fingerprint density at radius 1 is 1.07 bits per heavy atom. The molecular formula is C21H25N3O2S. The predicted molar refractivity (Wildman–Crippen MR) is 109 cm³/mol. The van der Waals surface area contributed by atoms with Crippen LogP contribution in [0.3, 0.4) is 0 Å². The minimum atomic E-state index is -0.0300. The maximum absolute atomic E-state index is 13.2. The highest BCUT2D eigenvalue weighted by Gasteiger charge is 2.27. The molecule has 0 radical (unpaired) electrons. The summed E-state index contributed by atoms with van der Waals surface area (Å²) in [7, 11) is 0. The summed E-state index contributed by atoms with van der Waals surface area (Å²) in [6, 6.07) is 9.38. The van der Waals surface area contributed by atoms with E-state index in [-0.39, 0.29) is 11.7 Å². The molecule has 2 aromatic rings. The maximum atomic E-state index is 13.2. The molecule has 0 saturated carbocycles. The highest BCUT2D eigenvalue weighted by molar-refractivity contribution is 7.17. The topological polar surface area (TPSA) is 61.4 Å². The van der Waals surface area contributed by atoms with Gasteiger partial charge >= 0.3 is 0 Å². The van der Waals surface area contributed by atoms with Gasteiger partial charge in [0.1, 0.15) is 5.00 Å². The first kappa shape index (κ1) is 18.3. The largest absolute Gasteiger partial charge is 0.316 e. The Kier molecular flexibility index (Phi) is 5.66. The van der Waals surface area contributed by atoms with Gasteiger partial charge in [-0.15, -0.1) is 11.3 Å². The Morgan fingerprint density at radius 2 is 1.81 bits per heavy atom. The first-order valence-corrected chi connectivity index (χ1v) is 10.5. The third-order valence-electron chi connectivity index (χ3n) is 5.26. The van der Waals surface area contributed by atoms with Crippen molar-refractivity contribution in [2.75, 3.05) is 38.0 Å². The number of benzene rings is 1. The Bertz CT molecular complexity index is 825. The zero-order valence-electron chi connectivity index (χ0n) is 15.4. The second kappa shape index (κ2) is 8.33. The molecule has 2 heterocycles. The van der Waals surface area contributed by atoms with Gasteiger partial charge in [-0.25, -0.2) is 0 Å². The normalized spacial score (nSPS) is 17.3. The number of carbonyl (C=O) groups excluding carboxylic acids is 2. The number of hydrogen-bond acceptors (Lipinski definition) is 5. The van der Waals surface area contributed by atoms with Crippen LogP contribution >= 0.6 is 11.3 Å². The molecule has 1 amide bonds. The van der Waals surface area contributed by atoms with E-state index >= 15 is 0 Å². The fraction of sp³-hybridized carbons (Fsp3) is 0.429. The van der Waals surface area contributed by atoms with Crippen LogP contribution in [0.4, 0.5) is 5.00 Å². The molecule has 1 saturated heterocycles. The Balaban J connectivity index is 1.59. The predicted octanol–water partition coefficient (Wildman–Crippen LogP) is 2.70. The second-order valence-electron chi connectivity index (χ2n) is 7.18. The van der Waals surface area contributed by atoms with Crippen LogP contribution < -0.4 is 10.6 Å². The summed E-state index contributed by atoms with van der Waals surface area (Å²) < 4.78 is 0. The van der Waals surface area contributed by atoms with Gasteiger partial charge in [0.15, 0.2) is 5.78 Å². The lowest BCUT2D eigenvalue weighted by Crippen LogP contribution is -2.46. The number of aryl methyl sites for hydroxylation is 1. The van der Waals surface area contributed by atoms with E-state index in [1.807, 2.05) is 30.3 Å². The van der Waals surface area contributed by atoms with Gasteiger partial charge in [-0.3, -0.25) is 14.5 Å². The fourth-order valence-electron chi connectivity index (χ4n) is 3.87. The van der Waals surface area contributed by atoms with E-state index in [0.717, 1.165) is 68.0 Å². The van der Waals surface area contributed by atoms with Crippen molar-refractivity contribution in [3.8, 4) is 0 Å². The van der Waals surface area contributed by atoms with E-state index in [9.17, 15) is 9.59 Å². The molecule has 1 aliphatic carbocycles. The summed E-state index contributed by atoms with van der Waals surface area (Å²) in [5.41, 5.74) is 2.55. The molecule has 6 heteroatoms. The second-order valence-corrected chi connectivity index (χ2v) is 8.29. The molecule has 1 fully saturated rings. The number of carbonyl (C=O) groups is 2. The number of hydrogen-bond donors (Lipinski definition) is 2. The van der Waals surface area contributed by atoms with Gasteiger partial charge in [0.25, 0.3) is 0 Å². The molecule has 2 aliphatic rings. The average molecular weight is 384 g/mol. The average Bonchev–Trinajstić information content (AvgIpc) is 3.06. The number of anilines is 1. The first-order valence-electron chi connectivity index (χ1n) is 9.69. The van der Waals surface area contributed by atoms with Crippen molar-refractivity contribution in [3.63, 3.8) is 0 Å². The third kappa shape index (κ3) is 4.13. The van der Waals surface area contributed by atoms with Crippen molar-refractivity contribution < 1.29 is 9.59 Å². The van der Waals surface area contributed by atoms with Gasteiger partial charge in [-0.05, 0) is 31.2 Å². The van der Waals surface area contributed by atoms with Crippen LogP contribution in [0.25, 0.3) is 0 Å². The lowest BCUT2D eigenvalue weighted by atomic mass is 9.92. The van der Waals surface area contributed by atoms with Crippen LogP contribution in [0.15, 0.2) is 30.3 Å². The van der Waals surface area contributed by atoms with Crippen molar-refractivity contribution in [1.29, 1.82) is 0 Å². The fourth-order valence-corrected chi connectivity index (χ4v) is 5.17. The highest BCUT2D eigenvalue weighted by atomic mass is 32.1. The van der Waals surface area contributed by atoms with E-state index in [2.05, 4.69) is 15.5 Å². The summed E-state index contributed by atoms with van der Waals surface area (Å²) in [4.78, 5) is 29.2. The van der Waals surface area contributed by atoms with Gasteiger partial charge in [-0.1, -0.05) is 30.3 Å². The van der Waals surface area contributed by atoms with Crippen molar-refractivity contribution in [2.24, 2.45) is 0 Å². The molecule has 27 heavy (non-hydrogen) atoms. The molecule has 2 N–H and O–H groups in total. The van der Waals surface area contributed by atoms with Gasteiger partial charge in [0.2, 0.25) is 5.91 Å². The van der Waals surface area contributed by atoms with Crippen molar-refractivity contribution in [3.05, 3.63) is 51.9 Å². The molecule has 5 nitrogen and oxygen atoms in total. The van der Waals surface area contributed by atoms with Crippen molar-refractivity contribution in [2.45, 2.75) is 25.7 Å². The monoisotopic (exact) mass is 383 g/mol. The SMILES string of the molecule is O=C(CN1CCNCC1)Nc1sc2c(c1C(=O)c1ccccc1)CCCC2. The lowest BCUT2D eigenvalue weighted by molar-refractivity contribution is -0.117. The zero-order valence-corrected chi connectivity index (χ0v) is 16.2. The van der Waals surface area contributed by atoms with Crippen LogP contribution in [0.5, 0.6) is 0 Å². The molecule has 142 valence electrons. The van der Waals surface area contributed by atoms with Crippen LogP contribution in [0, 0.1) is 0 Å². The number of fused-ring (bicyclic) bond motifs is 1. The molecule has 1 aromatic heterocycles. The molecule has 0 unspecified atom stereocenters. The van der Waals surface area contributed by atoms with E-state index in [1.165, 1.54) is 4.88 Å². The first-order chi connectivity index (χ1) is 13.2. The summed E-state index contributed by atoms with van der Waals surface area (Å²) in [5.74, 6) is -0.00918. The summed E-state index contributed by atoms with van der Waals surface area (Å²) in [6.07, 6.45) is 4.18. The van der Waals surface area contributed by atoms with Gasteiger partial charge in [0, 0.05) is 36.6 Å². The zero-order chi connectivity index (χ0) is 18.6. The maximum Gasteiger partial charge on any atom is 0.239 e. The summed E-state index contributed by atoms with van der Waals surface area (Å²) in [5, 5.41) is 7.09. The Hall–Kier alpha value is -2.02. The van der Waals surface area contributed by atoms with E-state index in [4.69, 9.17) is 0 Å². The van der Waals surface area contributed by atoms with E-state index < -0.39 is 0 Å². The number of thiophene rings is 1. The van der Waals surface area contributed by atoms with Crippen LogP contribution in [0.1, 0.15) is 39.2 Å². The number of nitrogens with zero attached hydrogens (tertiary/aromatic N) is 1. The van der Waals surface area contributed by atoms with Crippen LogP contribution in [-0.4, -0.2) is 49.3 Å². The lowest BCUT2D eigenvalue weighted by Gasteiger charge is -2.26. The van der Waals surface area contributed by atoms with Crippen molar-refractivity contribution >= 4 is 28.0 Å². The van der Waals surface area contributed by atoms with Gasteiger partial charge in [0.05, 0.1) is 12.1 Å². The number of ketones is 1. The molecule has 1 aromatic carbocycles. The standard InChI is InChI=1S/C21H25N3O2S/c25-18(14-24-12-10-22-11-13-24)23-21-19(16-8-4-5-9-17(16)27-21)20(26)15-6-2-1-3-7-15/h1-3,6-7,22H,4-5,8-14H2,(H,23,25). The molecule has 4 rings (SSSR count). The minimum Gasteiger partial charge on any atom is -0.316 e. The van der Waals surface area contributed by atoms with Crippen molar-refractivity contribution in [1.82, 2.24) is 10.2 Å². The third-order valence-corrected chi connectivity index (χ3v) is 6.47. The van der Waals surface area contributed by atoms with Crippen LogP contribution in [-0.2, 0) is 17.6 Å². The molecule has 0 bridgehead atoms. The Labute approximate surface area is 163 Å². The van der Waals surface area contributed by atoms with E-state index in [1.54, 1.807) is 11.3 Å². The minimum absolute atomic E-state index is 0.0208. The van der Waals surface area contributed by atoms with E-state index in [0.29, 0.717) is 12.1 Å². The van der Waals surface area contributed by atoms with Crippen LogP contribution in [0.2, 0.25) is 0 Å². The molecular weight excluding hydrogens is 358 g/mol. The smallest absolute Gasteiger partial charge is 0.239 e. The quantitative estimate of drug-likeness (QED) is 0.780. The van der Waals surface area contributed by atoms with Gasteiger partial charge < -0.3 is 10.6 Å². The molecule has 0 atom stereocenters.